The fraction of sp³-hybridized carbons (Fsp3) is 0.222. The summed E-state index contributed by atoms with van der Waals surface area (Å²) in [6.07, 6.45) is -0.0523. The third-order valence-electron chi connectivity index (χ3n) is 3.73. The van der Waals surface area contributed by atoms with E-state index >= 15 is 0 Å². The number of hydrogen-bond donors (Lipinski definition) is 2. The second kappa shape index (κ2) is 7.68. The smallest absolute Gasteiger partial charge is 0.240 e. The van der Waals surface area contributed by atoms with Crippen molar-refractivity contribution < 1.29 is 18.4 Å². The topological polar surface area (TPSA) is 72.2 Å². The fourth-order valence-corrected chi connectivity index (χ4v) is 2.37. The van der Waals surface area contributed by atoms with Crippen LogP contribution in [0.15, 0.2) is 42.5 Å². The lowest BCUT2D eigenvalue weighted by atomic mass is 10.0. The molecule has 0 heterocycles. The molecule has 0 bridgehead atoms. The maximum Gasteiger partial charge on any atom is 0.240 e. The molecule has 126 valence electrons. The van der Waals surface area contributed by atoms with Crippen LogP contribution in [0.3, 0.4) is 0 Å². The lowest BCUT2D eigenvalue weighted by molar-refractivity contribution is -0.127. The first-order valence-electron chi connectivity index (χ1n) is 7.44. The first kappa shape index (κ1) is 17.6. The largest absolute Gasteiger partial charge is 0.368 e. The summed E-state index contributed by atoms with van der Waals surface area (Å²) >= 11 is 0. The van der Waals surface area contributed by atoms with E-state index in [9.17, 15) is 18.4 Å². The van der Waals surface area contributed by atoms with Crippen LogP contribution in [0, 0.1) is 18.6 Å². The molecule has 2 rings (SSSR count). The molecule has 0 spiro atoms. The Morgan fingerprint density at radius 2 is 1.83 bits per heavy atom. The number of amides is 2. The number of halogens is 2. The van der Waals surface area contributed by atoms with Gasteiger partial charge in [0.05, 0.1) is 6.42 Å². The Bertz CT molecular complexity index is 762. The minimum Gasteiger partial charge on any atom is -0.368 e. The third-order valence-corrected chi connectivity index (χ3v) is 3.73. The van der Waals surface area contributed by atoms with Gasteiger partial charge in [-0.15, -0.1) is 0 Å². The van der Waals surface area contributed by atoms with E-state index in [4.69, 9.17) is 5.73 Å². The van der Waals surface area contributed by atoms with Gasteiger partial charge in [-0.25, -0.2) is 8.78 Å². The lowest BCUT2D eigenvalue weighted by Gasteiger charge is -2.17. The molecule has 0 aliphatic carbocycles. The summed E-state index contributed by atoms with van der Waals surface area (Å²) in [5, 5.41) is 2.51. The van der Waals surface area contributed by atoms with Crippen LogP contribution in [0.25, 0.3) is 0 Å². The summed E-state index contributed by atoms with van der Waals surface area (Å²) in [5.74, 6) is -2.75. The van der Waals surface area contributed by atoms with Crippen LogP contribution in [0.5, 0.6) is 0 Å². The standard InChI is InChI=1S/C18H18F2N2O2/c1-11-4-2-3-5-12(11)8-16(18(21)24)22-17(23)9-13-6-7-14(19)10-15(13)20/h2-7,10,16H,8-9H2,1H3,(H2,21,24)(H,22,23)/t16-/m0/s1. The molecule has 6 heteroatoms. The van der Waals surface area contributed by atoms with Gasteiger partial charge >= 0.3 is 0 Å². The van der Waals surface area contributed by atoms with Gasteiger partial charge in [-0.2, -0.15) is 0 Å². The average Bonchev–Trinajstić information content (AvgIpc) is 2.51. The summed E-state index contributed by atoms with van der Waals surface area (Å²) in [4.78, 5) is 23.7. The van der Waals surface area contributed by atoms with E-state index in [1.165, 1.54) is 6.07 Å². The van der Waals surface area contributed by atoms with Crippen LogP contribution in [0.2, 0.25) is 0 Å². The molecule has 1 atom stereocenters. The molecule has 0 aliphatic rings. The molecule has 0 aliphatic heterocycles. The monoisotopic (exact) mass is 332 g/mol. The number of rotatable bonds is 6. The van der Waals surface area contributed by atoms with Crippen molar-refractivity contribution in [3.05, 3.63) is 70.8 Å². The van der Waals surface area contributed by atoms with E-state index in [0.29, 0.717) is 6.07 Å². The van der Waals surface area contributed by atoms with Gasteiger partial charge in [0.1, 0.15) is 17.7 Å². The Hall–Kier alpha value is -2.76. The number of primary amides is 1. The number of carbonyl (C=O) groups excluding carboxylic acids is 2. The van der Waals surface area contributed by atoms with Gasteiger partial charge in [-0.1, -0.05) is 30.3 Å². The molecule has 24 heavy (non-hydrogen) atoms. The minimum atomic E-state index is -0.901. The number of carbonyl (C=O) groups is 2. The number of nitrogens with one attached hydrogen (secondary N) is 1. The Morgan fingerprint density at radius 3 is 2.46 bits per heavy atom. The van der Waals surface area contributed by atoms with Gasteiger partial charge in [0, 0.05) is 12.5 Å². The van der Waals surface area contributed by atoms with Crippen LogP contribution in [0.4, 0.5) is 8.78 Å². The fourth-order valence-electron chi connectivity index (χ4n) is 2.37. The molecule has 3 N–H and O–H groups in total. The van der Waals surface area contributed by atoms with Gasteiger partial charge < -0.3 is 11.1 Å². The van der Waals surface area contributed by atoms with E-state index < -0.39 is 29.5 Å². The molecule has 0 radical (unpaired) electrons. The number of aryl methyl sites for hydroxylation is 1. The van der Waals surface area contributed by atoms with Crippen molar-refractivity contribution in [2.75, 3.05) is 0 Å². The van der Waals surface area contributed by atoms with Crippen LogP contribution in [-0.4, -0.2) is 17.9 Å². The van der Waals surface area contributed by atoms with Crippen molar-refractivity contribution in [1.82, 2.24) is 5.32 Å². The minimum absolute atomic E-state index is 0.0491. The van der Waals surface area contributed by atoms with E-state index in [-0.39, 0.29) is 18.4 Å². The highest BCUT2D eigenvalue weighted by Crippen LogP contribution is 2.12. The normalized spacial score (nSPS) is 11.8. The SMILES string of the molecule is Cc1ccccc1C[C@H](NC(=O)Cc1ccc(F)cc1F)C(N)=O. The molecular formula is C18H18F2N2O2. The Morgan fingerprint density at radius 1 is 1.12 bits per heavy atom. The zero-order valence-electron chi connectivity index (χ0n) is 13.2. The third kappa shape index (κ3) is 4.62. The summed E-state index contributed by atoms with van der Waals surface area (Å²) in [5.41, 5.74) is 7.26. The van der Waals surface area contributed by atoms with Gasteiger partial charge in [0.15, 0.2) is 0 Å². The molecule has 0 saturated heterocycles. The van der Waals surface area contributed by atoms with Gasteiger partial charge in [0.2, 0.25) is 11.8 Å². The van der Waals surface area contributed by atoms with E-state index in [1.54, 1.807) is 0 Å². The van der Waals surface area contributed by atoms with E-state index in [2.05, 4.69) is 5.32 Å². The molecule has 0 unspecified atom stereocenters. The predicted molar refractivity (Wildman–Crippen MR) is 86.1 cm³/mol. The van der Waals surface area contributed by atoms with Crippen molar-refractivity contribution in [2.45, 2.75) is 25.8 Å². The average molecular weight is 332 g/mol. The van der Waals surface area contributed by atoms with E-state index in [1.807, 2.05) is 31.2 Å². The van der Waals surface area contributed by atoms with Crippen LogP contribution in [0.1, 0.15) is 16.7 Å². The lowest BCUT2D eigenvalue weighted by Crippen LogP contribution is -2.46. The molecule has 2 aromatic carbocycles. The molecule has 2 aromatic rings. The molecular weight excluding hydrogens is 314 g/mol. The van der Waals surface area contributed by atoms with Crippen molar-refractivity contribution in [1.29, 1.82) is 0 Å². The second-order valence-corrected chi connectivity index (χ2v) is 5.57. The van der Waals surface area contributed by atoms with Crippen molar-refractivity contribution >= 4 is 11.8 Å². The Kier molecular flexibility index (Phi) is 5.63. The first-order valence-corrected chi connectivity index (χ1v) is 7.44. The number of nitrogens with two attached hydrogens (primary N) is 1. The highest BCUT2D eigenvalue weighted by molar-refractivity contribution is 5.87. The summed E-state index contributed by atoms with van der Waals surface area (Å²) in [6, 6.07) is 9.52. The van der Waals surface area contributed by atoms with E-state index in [0.717, 1.165) is 17.2 Å². The molecule has 4 nitrogen and oxygen atoms in total. The molecule has 0 aromatic heterocycles. The van der Waals surface area contributed by atoms with Crippen molar-refractivity contribution in [2.24, 2.45) is 5.73 Å². The molecule has 0 fully saturated rings. The van der Waals surface area contributed by atoms with Gasteiger partial charge in [0.25, 0.3) is 0 Å². The first-order chi connectivity index (χ1) is 11.4. The van der Waals surface area contributed by atoms with Crippen LogP contribution < -0.4 is 11.1 Å². The Balaban J connectivity index is 2.06. The zero-order chi connectivity index (χ0) is 17.7. The Labute approximate surface area is 138 Å². The highest BCUT2D eigenvalue weighted by Gasteiger charge is 2.20. The molecule has 2 amide bonds. The number of benzene rings is 2. The number of hydrogen-bond acceptors (Lipinski definition) is 2. The van der Waals surface area contributed by atoms with Crippen molar-refractivity contribution in [3.63, 3.8) is 0 Å². The maximum absolute atomic E-state index is 13.6. The molecule has 0 saturated carbocycles. The predicted octanol–water partition coefficient (Wildman–Crippen LogP) is 2.03. The summed E-state index contributed by atoms with van der Waals surface area (Å²) in [7, 11) is 0. The van der Waals surface area contributed by atoms with Crippen LogP contribution >= 0.6 is 0 Å². The van der Waals surface area contributed by atoms with Crippen molar-refractivity contribution in [3.8, 4) is 0 Å². The second-order valence-electron chi connectivity index (χ2n) is 5.57. The quantitative estimate of drug-likeness (QED) is 0.849. The summed E-state index contributed by atoms with van der Waals surface area (Å²) < 4.78 is 26.5. The zero-order valence-corrected chi connectivity index (χ0v) is 13.2. The summed E-state index contributed by atoms with van der Waals surface area (Å²) in [6.45, 7) is 1.89. The van der Waals surface area contributed by atoms with Crippen LogP contribution in [-0.2, 0) is 22.4 Å². The maximum atomic E-state index is 13.6. The van der Waals surface area contributed by atoms with Gasteiger partial charge in [-0.05, 0) is 29.7 Å². The van der Waals surface area contributed by atoms with Gasteiger partial charge in [-0.3, -0.25) is 9.59 Å². The highest BCUT2D eigenvalue weighted by atomic mass is 19.1.